The number of halogens is 3. The summed E-state index contributed by atoms with van der Waals surface area (Å²) in [5.74, 6) is -0.266. The average molecular weight is 425 g/mol. The topological polar surface area (TPSA) is 72.9 Å². The molecule has 0 saturated carbocycles. The van der Waals surface area contributed by atoms with E-state index in [4.69, 9.17) is 28.9 Å². The number of nitrogens with one attached hydrogen (secondary N) is 1. The highest BCUT2D eigenvalue weighted by molar-refractivity contribution is 14.1. The van der Waals surface area contributed by atoms with Gasteiger partial charge in [-0.1, -0.05) is 23.2 Å². The number of benzene rings is 1. The van der Waals surface area contributed by atoms with Crippen molar-refractivity contribution in [1.29, 1.82) is 0 Å². The number of hydrogen-bond donors (Lipinski definition) is 2. The Morgan fingerprint density at radius 3 is 2.55 bits per heavy atom. The average Bonchev–Trinajstić information content (AvgIpc) is 2.79. The van der Waals surface area contributed by atoms with Crippen LogP contribution >= 0.6 is 45.8 Å². The second kappa shape index (κ2) is 6.19. The molecule has 2 aromatic rings. The molecule has 0 radical (unpaired) electrons. The Bertz CT molecular complexity index is 636. The van der Waals surface area contributed by atoms with E-state index in [1.165, 1.54) is 12.1 Å². The van der Waals surface area contributed by atoms with Crippen LogP contribution in [0.5, 0.6) is 0 Å². The van der Waals surface area contributed by atoms with E-state index >= 15 is 0 Å². The number of nitrogens with zero attached hydrogens (tertiary/aromatic N) is 2. The molecule has 3 N–H and O–H groups in total. The molecule has 0 aliphatic rings. The van der Waals surface area contributed by atoms with Crippen LogP contribution in [-0.2, 0) is 4.79 Å². The summed E-state index contributed by atoms with van der Waals surface area (Å²) in [6, 6.07) is 2.58. The van der Waals surface area contributed by atoms with Gasteiger partial charge in [-0.05, 0) is 41.6 Å². The molecule has 1 amide bonds. The SMILES string of the molecule is CC(C(=O)Nc1c(Cl)cc(N)cc1Cl)n1cc(I)cn1. The molecule has 0 aliphatic carbocycles. The third kappa shape index (κ3) is 3.36. The third-order valence-electron chi connectivity index (χ3n) is 2.66. The number of nitrogen functional groups attached to an aromatic ring is 1. The van der Waals surface area contributed by atoms with Gasteiger partial charge in [0.15, 0.2) is 0 Å². The van der Waals surface area contributed by atoms with Crippen molar-refractivity contribution in [3.05, 3.63) is 38.1 Å². The molecule has 0 fully saturated rings. The van der Waals surface area contributed by atoms with E-state index in [1.807, 2.05) is 0 Å². The van der Waals surface area contributed by atoms with Crippen molar-refractivity contribution in [3.8, 4) is 0 Å². The van der Waals surface area contributed by atoms with Crippen LogP contribution in [0, 0.1) is 3.57 Å². The van der Waals surface area contributed by atoms with E-state index in [1.54, 1.807) is 24.0 Å². The molecule has 1 unspecified atom stereocenters. The van der Waals surface area contributed by atoms with Gasteiger partial charge in [-0.3, -0.25) is 9.48 Å². The molecule has 1 aromatic heterocycles. The Hall–Kier alpha value is -0.990. The van der Waals surface area contributed by atoms with Gasteiger partial charge in [-0.25, -0.2) is 0 Å². The zero-order valence-electron chi connectivity index (χ0n) is 10.4. The van der Waals surface area contributed by atoms with Crippen molar-refractivity contribution in [1.82, 2.24) is 9.78 Å². The van der Waals surface area contributed by atoms with Gasteiger partial charge in [0, 0.05) is 11.9 Å². The van der Waals surface area contributed by atoms with Crippen LogP contribution in [0.1, 0.15) is 13.0 Å². The van der Waals surface area contributed by atoms with E-state index in [0.717, 1.165) is 3.57 Å². The Labute approximate surface area is 139 Å². The summed E-state index contributed by atoms with van der Waals surface area (Å²) >= 11 is 14.2. The van der Waals surface area contributed by atoms with Gasteiger partial charge in [0.1, 0.15) is 6.04 Å². The molecule has 0 aliphatic heterocycles. The van der Waals surface area contributed by atoms with Crippen molar-refractivity contribution in [2.45, 2.75) is 13.0 Å². The third-order valence-corrected chi connectivity index (χ3v) is 3.81. The molecule has 20 heavy (non-hydrogen) atoms. The number of aromatic nitrogens is 2. The molecule has 0 spiro atoms. The lowest BCUT2D eigenvalue weighted by Gasteiger charge is -2.15. The Balaban J connectivity index is 2.20. The van der Waals surface area contributed by atoms with Crippen LogP contribution < -0.4 is 11.1 Å². The standard InChI is InChI=1S/C12H11Cl2IN4O/c1-6(19-5-7(15)4-17-19)12(20)18-11-9(13)2-8(16)3-10(11)14/h2-6H,16H2,1H3,(H,18,20). The van der Waals surface area contributed by atoms with Crippen LogP contribution in [0.15, 0.2) is 24.5 Å². The summed E-state index contributed by atoms with van der Waals surface area (Å²) in [5.41, 5.74) is 6.40. The van der Waals surface area contributed by atoms with E-state index in [0.29, 0.717) is 21.4 Å². The minimum absolute atomic E-state index is 0.266. The lowest BCUT2D eigenvalue weighted by Crippen LogP contribution is -2.24. The zero-order chi connectivity index (χ0) is 14.9. The van der Waals surface area contributed by atoms with Crippen LogP contribution in [0.2, 0.25) is 10.0 Å². The zero-order valence-corrected chi connectivity index (χ0v) is 14.1. The molecule has 8 heteroatoms. The Kier molecular flexibility index (Phi) is 4.77. The predicted molar refractivity (Wildman–Crippen MR) is 89.2 cm³/mol. The van der Waals surface area contributed by atoms with Crippen molar-refractivity contribution in [3.63, 3.8) is 0 Å². The number of rotatable bonds is 3. The lowest BCUT2D eigenvalue weighted by molar-refractivity contribution is -0.119. The molecule has 0 saturated heterocycles. The summed E-state index contributed by atoms with van der Waals surface area (Å²) in [4.78, 5) is 12.2. The maximum atomic E-state index is 12.2. The number of hydrogen-bond acceptors (Lipinski definition) is 3. The maximum absolute atomic E-state index is 12.2. The van der Waals surface area contributed by atoms with Crippen molar-refractivity contribution >= 4 is 63.1 Å². The molecule has 106 valence electrons. The highest BCUT2D eigenvalue weighted by atomic mass is 127. The largest absolute Gasteiger partial charge is 0.399 e. The van der Waals surface area contributed by atoms with Gasteiger partial charge in [0.05, 0.1) is 25.5 Å². The smallest absolute Gasteiger partial charge is 0.249 e. The van der Waals surface area contributed by atoms with Crippen LogP contribution in [0.25, 0.3) is 0 Å². The van der Waals surface area contributed by atoms with Crippen LogP contribution in [0.4, 0.5) is 11.4 Å². The number of amides is 1. The Morgan fingerprint density at radius 1 is 1.45 bits per heavy atom. The predicted octanol–water partition coefficient (Wildman–Crippen LogP) is 3.58. The minimum Gasteiger partial charge on any atom is -0.399 e. The second-order valence-corrected chi connectivity index (χ2v) is 6.22. The number of nitrogens with two attached hydrogens (primary N) is 1. The number of anilines is 2. The molecule has 5 nitrogen and oxygen atoms in total. The quantitative estimate of drug-likeness (QED) is 0.584. The van der Waals surface area contributed by atoms with Crippen molar-refractivity contribution in [2.24, 2.45) is 0 Å². The summed E-state index contributed by atoms with van der Waals surface area (Å²) < 4.78 is 2.52. The maximum Gasteiger partial charge on any atom is 0.249 e. The molecular weight excluding hydrogens is 414 g/mol. The fraction of sp³-hybridized carbons (Fsp3) is 0.167. The first-order valence-electron chi connectivity index (χ1n) is 5.63. The van der Waals surface area contributed by atoms with Crippen molar-refractivity contribution in [2.75, 3.05) is 11.1 Å². The highest BCUT2D eigenvalue weighted by Gasteiger charge is 2.18. The molecular formula is C12H11Cl2IN4O. The normalized spacial score (nSPS) is 12.2. The second-order valence-electron chi connectivity index (χ2n) is 4.16. The van der Waals surface area contributed by atoms with E-state index in [-0.39, 0.29) is 5.91 Å². The molecule has 0 bridgehead atoms. The van der Waals surface area contributed by atoms with Gasteiger partial charge in [-0.15, -0.1) is 0 Å². The van der Waals surface area contributed by atoms with E-state index in [2.05, 4.69) is 33.0 Å². The van der Waals surface area contributed by atoms with E-state index < -0.39 is 6.04 Å². The summed E-state index contributed by atoms with van der Waals surface area (Å²) in [6.07, 6.45) is 3.45. The number of carbonyl (C=O) groups excluding carboxylic acids is 1. The highest BCUT2D eigenvalue weighted by Crippen LogP contribution is 2.33. The van der Waals surface area contributed by atoms with Gasteiger partial charge in [-0.2, -0.15) is 5.10 Å². The first kappa shape index (κ1) is 15.4. The summed E-state index contributed by atoms with van der Waals surface area (Å²) in [5, 5.41) is 7.38. The van der Waals surface area contributed by atoms with Crippen LogP contribution in [0.3, 0.4) is 0 Å². The van der Waals surface area contributed by atoms with Gasteiger partial charge in [0.2, 0.25) is 5.91 Å². The summed E-state index contributed by atoms with van der Waals surface area (Å²) in [6.45, 7) is 1.73. The van der Waals surface area contributed by atoms with Crippen LogP contribution in [-0.4, -0.2) is 15.7 Å². The fourth-order valence-electron chi connectivity index (χ4n) is 1.59. The van der Waals surface area contributed by atoms with Gasteiger partial charge in [0.25, 0.3) is 0 Å². The molecule has 1 heterocycles. The lowest BCUT2D eigenvalue weighted by atomic mass is 10.2. The monoisotopic (exact) mass is 424 g/mol. The molecule has 1 atom stereocenters. The molecule has 1 aromatic carbocycles. The number of carbonyl (C=O) groups is 1. The van der Waals surface area contributed by atoms with E-state index in [9.17, 15) is 4.79 Å². The first-order chi connectivity index (χ1) is 9.38. The van der Waals surface area contributed by atoms with Crippen molar-refractivity contribution < 1.29 is 4.79 Å². The van der Waals surface area contributed by atoms with Gasteiger partial charge >= 0.3 is 0 Å². The minimum atomic E-state index is -0.483. The molecule has 2 rings (SSSR count). The first-order valence-corrected chi connectivity index (χ1v) is 7.47. The van der Waals surface area contributed by atoms with Gasteiger partial charge < -0.3 is 11.1 Å². The fourth-order valence-corrected chi connectivity index (χ4v) is 2.59. The summed E-state index contributed by atoms with van der Waals surface area (Å²) in [7, 11) is 0. The Morgan fingerprint density at radius 2 is 2.05 bits per heavy atom.